The minimum absolute atomic E-state index is 0.0343. The molecule has 8 heteroatoms. The van der Waals surface area contributed by atoms with Crippen LogP contribution in [0.3, 0.4) is 0 Å². The SMILES string of the molecule is CCOC(=O)c1c(NC(=O)C(C)Sc2cccc(NC(=O)CC(C)(C)C)c2)sc2c1CCC(C)C2. The second-order valence-corrected chi connectivity index (χ2v) is 12.9. The first-order chi connectivity index (χ1) is 16.5. The molecule has 2 unspecified atom stereocenters. The summed E-state index contributed by atoms with van der Waals surface area (Å²) in [5.41, 5.74) is 2.17. The van der Waals surface area contributed by atoms with E-state index >= 15 is 0 Å². The quantitative estimate of drug-likeness (QED) is 0.307. The zero-order chi connectivity index (χ0) is 25.8. The molecule has 2 aromatic rings. The van der Waals surface area contributed by atoms with E-state index in [0.29, 0.717) is 35.2 Å². The first-order valence-corrected chi connectivity index (χ1v) is 13.9. The maximum absolute atomic E-state index is 13.1. The van der Waals surface area contributed by atoms with Gasteiger partial charge >= 0.3 is 5.97 Å². The summed E-state index contributed by atoms with van der Waals surface area (Å²) >= 11 is 2.91. The van der Waals surface area contributed by atoms with Crippen molar-refractivity contribution in [3.8, 4) is 0 Å². The highest BCUT2D eigenvalue weighted by molar-refractivity contribution is 8.00. The average Bonchev–Trinajstić information content (AvgIpc) is 3.09. The largest absolute Gasteiger partial charge is 0.462 e. The average molecular weight is 517 g/mol. The molecule has 1 aliphatic carbocycles. The Labute approximate surface area is 216 Å². The van der Waals surface area contributed by atoms with Crippen molar-refractivity contribution in [2.45, 2.75) is 77.4 Å². The summed E-state index contributed by atoms with van der Waals surface area (Å²) in [5, 5.41) is 6.13. The van der Waals surface area contributed by atoms with Crippen molar-refractivity contribution < 1.29 is 19.1 Å². The Morgan fingerprint density at radius 3 is 2.66 bits per heavy atom. The van der Waals surface area contributed by atoms with Gasteiger partial charge in [-0.15, -0.1) is 23.1 Å². The van der Waals surface area contributed by atoms with Gasteiger partial charge in [-0.2, -0.15) is 0 Å². The molecule has 0 saturated heterocycles. The van der Waals surface area contributed by atoms with Gasteiger partial charge in [0.25, 0.3) is 0 Å². The summed E-state index contributed by atoms with van der Waals surface area (Å²) in [6.45, 7) is 12.2. The maximum Gasteiger partial charge on any atom is 0.341 e. The van der Waals surface area contributed by atoms with Gasteiger partial charge in [0.15, 0.2) is 0 Å². The third-order valence-electron chi connectivity index (χ3n) is 5.72. The normalized spacial score (nSPS) is 16.2. The fourth-order valence-corrected chi connectivity index (χ4v) is 6.39. The minimum Gasteiger partial charge on any atom is -0.462 e. The molecule has 2 N–H and O–H groups in total. The molecule has 2 atom stereocenters. The number of hydrogen-bond donors (Lipinski definition) is 2. The Kier molecular flexibility index (Phi) is 9.05. The predicted molar refractivity (Wildman–Crippen MR) is 145 cm³/mol. The Balaban J connectivity index is 1.70. The highest BCUT2D eigenvalue weighted by Gasteiger charge is 2.30. The summed E-state index contributed by atoms with van der Waals surface area (Å²) in [7, 11) is 0. The van der Waals surface area contributed by atoms with Crippen molar-refractivity contribution in [3.05, 3.63) is 40.3 Å². The van der Waals surface area contributed by atoms with E-state index in [1.165, 1.54) is 28.0 Å². The Hall–Kier alpha value is -2.32. The van der Waals surface area contributed by atoms with Crippen LogP contribution in [-0.2, 0) is 27.2 Å². The van der Waals surface area contributed by atoms with Crippen LogP contribution in [0.4, 0.5) is 10.7 Å². The topological polar surface area (TPSA) is 84.5 Å². The van der Waals surface area contributed by atoms with Gasteiger partial charge in [0.2, 0.25) is 11.8 Å². The number of thioether (sulfide) groups is 1. The lowest BCUT2D eigenvalue weighted by atomic mass is 9.88. The molecule has 1 aromatic carbocycles. The molecule has 1 heterocycles. The molecule has 0 fully saturated rings. The molecule has 0 bridgehead atoms. The molecule has 2 amide bonds. The number of nitrogens with one attached hydrogen (secondary N) is 2. The van der Waals surface area contributed by atoms with Crippen molar-refractivity contribution in [2.75, 3.05) is 17.2 Å². The smallest absolute Gasteiger partial charge is 0.341 e. The number of ether oxygens (including phenoxy) is 1. The first-order valence-electron chi connectivity index (χ1n) is 12.2. The van der Waals surface area contributed by atoms with Crippen LogP contribution >= 0.6 is 23.1 Å². The number of rotatable bonds is 8. The Bertz CT molecular complexity index is 1090. The summed E-state index contributed by atoms with van der Waals surface area (Å²) in [5.74, 6) is -0.0125. The van der Waals surface area contributed by atoms with Crippen LogP contribution in [0, 0.1) is 11.3 Å². The van der Waals surface area contributed by atoms with Gasteiger partial charge in [-0.05, 0) is 68.2 Å². The molecule has 1 aromatic heterocycles. The molecule has 1 aliphatic rings. The molecule has 6 nitrogen and oxygen atoms in total. The molecular weight excluding hydrogens is 480 g/mol. The van der Waals surface area contributed by atoms with E-state index in [4.69, 9.17) is 4.74 Å². The van der Waals surface area contributed by atoms with Crippen LogP contribution in [0.5, 0.6) is 0 Å². The van der Waals surface area contributed by atoms with Gasteiger partial charge in [-0.25, -0.2) is 4.79 Å². The molecule has 190 valence electrons. The molecule has 0 radical (unpaired) electrons. The van der Waals surface area contributed by atoms with Gasteiger partial charge in [0, 0.05) is 21.9 Å². The highest BCUT2D eigenvalue weighted by atomic mass is 32.2. The molecule has 0 spiro atoms. The van der Waals surface area contributed by atoms with Crippen LogP contribution in [0.15, 0.2) is 29.2 Å². The highest BCUT2D eigenvalue weighted by Crippen LogP contribution is 2.40. The molecule has 3 rings (SSSR count). The van der Waals surface area contributed by atoms with Gasteiger partial charge in [0.1, 0.15) is 5.00 Å². The lowest BCUT2D eigenvalue weighted by Gasteiger charge is -2.18. The molecular formula is C27H36N2O4S2. The van der Waals surface area contributed by atoms with Crippen molar-refractivity contribution in [1.29, 1.82) is 0 Å². The fraction of sp³-hybridized carbons (Fsp3) is 0.519. The summed E-state index contributed by atoms with van der Waals surface area (Å²) in [6.07, 6.45) is 3.20. The number of anilines is 2. The Morgan fingerprint density at radius 2 is 1.97 bits per heavy atom. The monoisotopic (exact) mass is 516 g/mol. The van der Waals surface area contributed by atoms with E-state index < -0.39 is 5.25 Å². The predicted octanol–water partition coefficient (Wildman–Crippen LogP) is 6.54. The third kappa shape index (κ3) is 7.58. The van der Waals surface area contributed by atoms with Crippen molar-refractivity contribution in [1.82, 2.24) is 0 Å². The van der Waals surface area contributed by atoms with Crippen LogP contribution in [-0.4, -0.2) is 29.6 Å². The van der Waals surface area contributed by atoms with Gasteiger partial charge < -0.3 is 15.4 Å². The van der Waals surface area contributed by atoms with Crippen LogP contribution < -0.4 is 10.6 Å². The number of amides is 2. The number of hydrogen-bond acceptors (Lipinski definition) is 6. The number of fused-ring (bicyclic) bond motifs is 1. The lowest BCUT2D eigenvalue weighted by molar-refractivity contribution is -0.118. The number of benzene rings is 1. The van der Waals surface area contributed by atoms with E-state index in [0.717, 1.165) is 29.7 Å². The fourth-order valence-electron chi connectivity index (χ4n) is 4.06. The van der Waals surface area contributed by atoms with Crippen LogP contribution in [0.2, 0.25) is 0 Å². The number of carbonyl (C=O) groups is 3. The lowest BCUT2D eigenvalue weighted by Crippen LogP contribution is -2.23. The number of thiophene rings is 1. The Morgan fingerprint density at radius 1 is 1.23 bits per heavy atom. The van der Waals surface area contributed by atoms with Crippen LogP contribution in [0.25, 0.3) is 0 Å². The molecule has 0 aliphatic heterocycles. The van der Waals surface area contributed by atoms with E-state index in [9.17, 15) is 14.4 Å². The zero-order valence-electron chi connectivity index (χ0n) is 21.4. The van der Waals surface area contributed by atoms with E-state index in [1.807, 2.05) is 52.0 Å². The van der Waals surface area contributed by atoms with Crippen LogP contribution in [0.1, 0.15) is 75.2 Å². The summed E-state index contributed by atoms with van der Waals surface area (Å²) in [6, 6.07) is 7.51. The van der Waals surface area contributed by atoms with Crippen molar-refractivity contribution in [3.63, 3.8) is 0 Å². The zero-order valence-corrected chi connectivity index (χ0v) is 23.1. The van der Waals surface area contributed by atoms with Gasteiger partial charge in [-0.1, -0.05) is 33.8 Å². The summed E-state index contributed by atoms with van der Waals surface area (Å²) in [4.78, 5) is 40.2. The van der Waals surface area contributed by atoms with Gasteiger partial charge in [-0.3, -0.25) is 9.59 Å². The van der Waals surface area contributed by atoms with Crippen molar-refractivity contribution >= 4 is 51.6 Å². The molecule has 35 heavy (non-hydrogen) atoms. The number of carbonyl (C=O) groups excluding carboxylic acids is 3. The molecule has 0 saturated carbocycles. The van der Waals surface area contributed by atoms with E-state index in [2.05, 4.69) is 17.6 Å². The van der Waals surface area contributed by atoms with E-state index in [1.54, 1.807) is 6.92 Å². The second kappa shape index (κ2) is 11.6. The maximum atomic E-state index is 13.1. The van der Waals surface area contributed by atoms with Gasteiger partial charge in [0.05, 0.1) is 17.4 Å². The first kappa shape index (κ1) is 27.3. The number of esters is 1. The summed E-state index contributed by atoms with van der Waals surface area (Å²) < 4.78 is 5.31. The standard InChI is InChI=1S/C27H36N2O4S2/c1-7-33-26(32)23-20-12-11-16(2)13-21(20)35-25(23)29-24(31)17(3)34-19-10-8-9-18(14-19)28-22(30)15-27(4,5)6/h8-10,14,16-17H,7,11-13,15H2,1-6H3,(H,28,30)(H,29,31). The third-order valence-corrected chi connectivity index (χ3v) is 7.98. The van der Waals surface area contributed by atoms with Crippen molar-refractivity contribution in [2.24, 2.45) is 11.3 Å². The minimum atomic E-state index is -0.399. The van der Waals surface area contributed by atoms with E-state index in [-0.39, 0.29) is 23.2 Å². The second-order valence-electron chi connectivity index (χ2n) is 10.3.